The van der Waals surface area contributed by atoms with Crippen molar-refractivity contribution in [1.29, 1.82) is 0 Å². The van der Waals surface area contributed by atoms with Gasteiger partial charge in [0.15, 0.2) is 0 Å². The summed E-state index contributed by atoms with van der Waals surface area (Å²) in [5, 5.41) is 0. The number of hydrogen-bond acceptors (Lipinski definition) is 8. The minimum Gasteiger partial charge on any atom is -0.491 e. The zero-order chi connectivity index (χ0) is 33.4. The average Bonchev–Trinajstić information content (AvgIpc) is 3.98. The molecule has 50 heavy (non-hydrogen) atoms. The fourth-order valence-electron chi connectivity index (χ4n) is 7.54. The van der Waals surface area contributed by atoms with Crippen molar-refractivity contribution in [2.24, 2.45) is 0 Å². The molecule has 8 heteroatoms. The van der Waals surface area contributed by atoms with Crippen molar-refractivity contribution in [1.82, 2.24) is 0 Å². The molecule has 4 aromatic carbocycles. The minimum absolute atomic E-state index is 0.195. The van der Waals surface area contributed by atoms with Gasteiger partial charge in [0.1, 0.15) is 73.8 Å². The predicted molar refractivity (Wildman–Crippen MR) is 187 cm³/mol. The third-order valence-electron chi connectivity index (χ3n) is 10.9. The molecule has 4 aromatic rings. The number of benzene rings is 4. The van der Waals surface area contributed by atoms with Crippen LogP contribution < -0.4 is 18.9 Å². The van der Waals surface area contributed by atoms with Crippen molar-refractivity contribution < 1.29 is 37.9 Å². The second kappa shape index (κ2) is 13.6. The van der Waals surface area contributed by atoms with Crippen LogP contribution in [0.2, 0.25) is 0 Å². The predicted octanol–water partition coefficient (Wildman–Crippen LogP) is 6.64. The maximum atomic E-state index is 6.22. The minimum atomic E-state index is -0.261. The normalized spacial score (nSPS) is 29.1. The third kappa shape index (κ3) is 7.21. The zero-order valence-corrected chi connectivity index (χ0v) is 28.3. The van der Waals surface area contributed by atoms with Crippen molar-refractivity contribution in [3.05, 3.63) is 119 Å². The molecule has 1 saturated carbocycles. The second-order valence-electron chi connectivity index (χ2n) is 14.3. The van der Waals surface area contributed by atoms with Crippen LogP contribution >= 0.6 is 0 Å². The molecular formula is C42H44O8. The number of hydrogen-bond donors (Lipinski definition) is 0. The quantitative estimate of drug-likeness (QED) is 0.122. The van der Waals surface area contributed by atoms with E-state index in [1.165, 1.54) is 22.3 Å². The molecule has 0 radical (unpaired) electrons. The largest absolute Gasteiger partial charge is 0.491 e. The molecule has 0 amide bonds. The van der Waals surface area contributed by atoms with Gasteiger partial charge in [0.2, 0.25) is 0 Å². The van der Waals surface area contributed by atoms with E-state index < -0.39 is 0 Å². The van der Waals surface area contributed by atoms with Crippen LogP contribution in [0.25, 0.3) is 0 Å². The fourth-order valence-corrected chi connectivity index (χ4v) is 7.54. The molecule has 260 valence electrons. The highest BCUT2D eigenvalue weighted by molar-refractivity contribution is 5.50. The molecular weight excluding hydrogens is 632 g/mol. The first kappa shape index (κ1) is 31.9. The van der Waals surface area contributed by atoms with Gasteiger partial charge in [-0.1, -0.05) is 48.5 Å². The van der Waals surface area contributed by atoms with Crippen LogP contribution in [0.4, 0.5) is 0 Å². The lowest BCUT2D eigenvalue weighted by Crippen LogP contribution is -2.41. The summed E-state index contributed by atoms with van der Waals surface area (Å²) in [6, 6.07) is 34.7. The first-order valence-corrected chi connectivity index (χ1v) is 18.0. The summed E-state index contributed by atoms with van der Waals surface area (Å²) in [5.74, 6) is 3.51. The highest BCUT2D eigenvalue weighted by Gasteiger charge is 2.47. The maximum Gasteiger partial charge on any atom is 0.119 e. The Morgan fingerprint density at radius 3 is 0.860 bits per heavy atom. The van der Waals surface area contributed by atoms with Crippen LogP contribution in [0.15, 0.2) is 97.1 Å². The highest BCUT2D eigenvalue weighted by atomic mass is 16.6. The summed E-state index contributed by atoms with van der Waals surface area (Å²) < 4.78 is 46.6. The van der Waals surface area contributed by atoms with Crippen LogP contribution in [0, 0.1) is 0 Å². The van der Waals surface area contributed by atoms with Crippen LogP contribution in [0.1, 0.15) is 47.9 Å². The van der Waals surface area contributed by atoms with E-state index in [2.05, 4.69) is 97.1 Å². The monoisotopic (exact) mass is 676 g/mol. The Hall–Kier alpha value is -4.08. The van der Waals surface area contributed by atoms with Crippen LogP contribution in [-0.4, -0.2) is 77.3 Å². The molecule has 4 atom stereocenters. The summed E-state index contributed by atoms with van der Waals surface area (Å²) in [6.07, 6.45) is 4.44. The van der Waals surface area contributed by atoms with Gasteiger partial charge in [-0.15, -0.1) is 0 Å². The van der Waals surface area contributed by atoms with Crippen molar-refractivity contribution in [3.63, 3.8) is 0 Å². The number of ether oxygens (including phenoxy) is 8. The van der Waals surface area contributed by atoms with E-state index in [1.54, 1.807) is 0 Å². The van der Waals surface area contributed by atoms with E-state index in [-0.39, 0.29) is 35.2 Å². The molecule has 1 aliphatic carbocycles. The van der Waals surface area contributed by atoms with Crippen LogP contribution in [-0.2, 0) is 29.8 Å². The van der Waals surface area contributed by atoms with Gasteiger partial charge in [-0.3, -0.25) is 0 Å². The number of rotatable bonds is 16. The second-order valence-corrected chi connectivity index (χ2v) is 14.3. The molecule has 9 rings (SSSR count). The lowest BCUT2D eigenvalue weighted by Gasteiger charge is -2.48. The Morgan fingerprint density at radius 1 is 0.400 bits per heavy atom. The third-order valence-corrected chi connectivity index (χ3v) is 10.9. The molecule has 0 bridgehead atoms. The van der Waals surface area contributed by atoms with Crippen molar-refractivity contribution in [2.45, 2.75) is 60.9 Å². The summed E-state index contributed by atoms with van der Waals surface area (Å²) in [6.45, 7) is 5.37. The fraction of sp³-hybridized carbons (Fsp3) is 0.429. The Balaban J connectivity index is 1.08. The highest BCUT2D eigenvalue weighted by Crippen LogP contribution is 2.55. The standard InChI is InChI=1S/C42H44O8/c1-5-29(17-33(9-1)43-21-37-25-47-37)41(30-6-2-10-34(18-30)44-22-38-26-48-38)13-15-42(16-14-41,31-7-3-11-35(19-31)45-23-39-27-49-39)32-8-4-12-36(20-32)46-24-40-28-50-40/h1-12,17-20,37-40H,13-16,21-28H2. The van der Waals surface area contributed by atoms with E-state index in [1.807, 2.05) is 0 Å². The average molecular weight is 677 g/mol. The Bertz CT molecular complexity index is 1530. The zero-order valence-electron chi connectivity index (χ0n) is 28.3. The summed E-state index contributed by atoms with van der Waals surface area (Å²) in [5.41, 5.74) is 4.50. The molecule has 5 fully saturated rings. The van der Waals surface area contributed by atoms with E-state index >= 15 is 0 Å². The van der Waals surface area contributed by atoms with E-state index in [0.29, 0.717) is 26.4 Å². The van der Waals surface area contributed by atoms with E-state index in [9.17, 15) is 0 Å². The SMILES string of the molecule is c1cc(OCC2CO2)cc(C2(c3cccc(OCC4CO4)c3)CCC(c3cccc(OCC4CO4)c3)(c3cccc(OCC4CO4)c3)CC2)c1. The summed E-state index contributed by atoms with van der Waals surface area (Å²) in [7, 11) is 0. The van der Waals surface area contributed by atoms with Gasteiger partial charge in [-0.25, -0.2) is 0 Å². The molecule has 4 unspecified atom stereocenters. The van der Waals surface area contributed by atoms with Gasteiger partial charge < -0.3 is 37.9 Å². The Kier molecular flexibility index (Phi) is 8.65. The summed E-state index contributed by atoms with van der Waals surface area (Å²) in [4.78, 5) is 0. The molecule has 0 N–H and O–H groups in total. The van der Waals surface area contributed by atoms with Gasteiger partial charge >= 0.3 is 0 Å². The van der Waals surface area contributed by atoms with Crippen molar-refractivity contribution in [3.8, 4) is 23.0 Å². The Morgan fingerprint density at radius 2 is 0.640 bits per heavy atom. The van der Waals surface area contributed by atoms with Crippen LogP contribution in [0.3, 0.4) is 0 Å². The van der Waals surface area contributed by atoms with Crippen molar-refractivity contribution >= 4 is 0 Å². The van der Waals surface area contributed by atoms with Gasteiger partial charge in [0, 0.05) is 10.8 Å². The van der Waals surface area contributed by atoms with Gasteiger partial charge in [-0.2, -0.15) is 0 Å². The van der Waals surface area contributed by atoms with E-state index in [0.717, 1.165) is 75.1 Å². The van der Waals surface area contributed by atoms with Gasteiger partial charge in [0.05, 0.1) is 26.4 Å². The molecule has 0 spiro atoms. The van der Waals surface area contributed by atoms with E-state index in [4.69, 9.17) is 37.9 Å². The number of epoxide rings is 4. The first-order valence-electron chi connectivity index (χ1n) is 18.0. The molecule has 5 aliphatic rings. The summed E-state index contributed by atoms with van der Waals surface area (Å²) >= 11 is 0. The van der Waals surface area contributed by atoms with Crippen LogP contribution in [0.5, 0.6) is 23.0 Å². The molecule has 0 aromatic heterocycles. The van der Waals surface area contributed by atoms with Gasteiger partial charge in [0.25, 0.3) is 0 Å². The van der Waals surface area contributed by atoms with Crippen molar-refractivity contribution in [2.75, 3.05) is 52.9 Å². The topological polar surface area (TPSA) is 87.0 Å². The van der Waals surface area contributed by atoms with Gasteiger partial charge in [-0.05, 0) is 96.5 Å². The molecule has 8 nitrogen and oxygen atoms in total. The maximum absolute atomic E-state index is 6.22. The molecule has 4 aliphatic heterocycles. The smallest absolute Gasteiger partial charge is 0.119 e. The first-order chi connectivity index (χ1) is 24.6. The molecule has 4 heterocycles. The Labute approximate surface area is 293 Å². The lowest BCUT2D eigenvalue weighted by atomic mass is 9.55. The lowest BCUT2D eigenvalue weighted by molar-refractivity contribution is 0.244. The molecule has 4 saturated heterocycles.